The van der Waals surface area contributed by atoms with Gasteiger partial charge in [0.1, 0.15) is 0 Å². The zero-order chi connectivity index (χ0) is 15.5. The van der Waals surface area contributed by atoms with Crippen LogP contribution in [-0.4, -0.2) is 22.5 Å². The number of halogens is 1. The van der Waals surface area contributed by atoms with Crippen LogP contribution >= 0.6 is 0 Å². The predicted octanol–water partition coefficient (Wildman–Crippen LogP) is 1.50. The van der Waals surface area contributed by atoms with Crippen molar-refractivity contribution in [1.82, 2.24) is 15.6 Å². The molecule has 0 spiro atoms. The summed E-state index contributed by atoms with van der Waals surface area (Å²) in [4.78, 5) is 16.6. The average molecular weight is 301 g/mol. The second kappa shape index (κ2) is 6.11. The Morgan fingerprint density at radius 2 is 2.27 bits per heavy atom. The summed E-state index contributed by atoms with van der Waals surface area (Å²) in [6, 6.07) is 5.75. The van der Waals surface area contributed by atoms with Gasteiger partial charge < -0.3 is 15.7 Å². The Hall–Kier alpha value is -2.47. The van der Waals surface area contributed by atoms with Crippen LogP contribution in [0.4, 0.5) is 4.39 Å². The maximum Gasteiger partial charge on any atom is 0.251 e. The average Bonchev–Trinajstić information content (AvgIpc) is 2.55. The van der Waals surface area contributed by atoms with E-state index in [1.165, 1.54) is 12.1 Å². The highest BCUT2D eigenvalue weighted by atomic mass is 19.1. The Balaban J connectivity index is 1.73. The molecule has 0 fully saturated rings. The van der Waals surface area contributed by atoms with Crippen molar-refractivity contribution in [3.05, 3.63) is 58.7 Å². The van der Waals surface area contributed by atoms with Crippen LogP contribution in [0.5, 0.6) is 5.75 Å². The number of nitrogens with one attached hydrogen (secondary N) is 2. The number of benzene rings is 1. The number of phenols is 1. The van der Waals surface area contributed by atoms with E-state index < -0.39 is 11.6 Å². The molecule has 5 nitrogen and oxygen atoms in total. The minimum absolute atomic E-state index is 0.195. The van der Waals surface area contributed by atoms with Gasteiger partial charge in [0.05, 0.1) is 0 Å². The predicted molar refractivity (Wildman–Crippen MR) is 78.9 cm³/mol. The van der Waals surface area contributed by atoms with E-state index in [0.717, 1.165) is 24.2 Å². The van der Waals surface area contributed by atoms with Gasteiger partial charge in [0.2, 0.25) is 0 Å². The fourth-order valence-corrected chi connectivity index (χ4v) is 2.52. The molecule has 3 N–H and O–H groups in total. The highest BCUT2D eigenvalue weighted by Crippen LogP contribution is 2.18. The van der Waals surface area contributed by atoms with Crippen LogP contribution in [-0.2, 0) is 19.5 Å². The monoisotopic (exact) mass is 301 g/mol. The van der Waals surface area contributed by atoms with Crippen molar-refractivity contribution >= 4 is 5.91 Å². The molecule has 2 aromatic rings. The van der Waals surface area contributed by atoms with Gasteiger partial charge in [-0.25, -0.2) is 4.39 Å². The summed E-state index contributed by atoms with van der Waals surface area (Å²) in [5.74, 6) is -1.31. The van der Waals surface area contributed by atoms with Gasteiger partial charge in [-0.1, -0.05) is 6.07 Å². The molecule has 1 aliphatic heterocycles. The van der Waals surface area contributed by atoms with E-state index in [9.17, 15) is 9.18 Å². The second-order valence-corrected chi connectivity index (χ2v) is 5.18. The topological polar surface area (TPSA) is 74.2 Å². The third-order valence-corrected chi connectivity index (χ3v) is 3.70. The lowest BCUT2D eigenvalue weighted by Gasteiger charge is -2.19. The molecule has 0 aliphatic carbocycles. The van der Waals surface area contributed by atoms with Crippen LogP contribution in [0.1, 0.15) is 27.2 Å². The third-order valence-electron chi connectivity index (χ3n) is 3.70. The normalized spacial score (nSPS) is 13.5. The van der Waals surface area contributed by atoms with Gasteiger partial charge in [0.15, 0.2) is 11.6 Å². The summed E-state index contributed by atoms with van der Waals surface area (Å²) in [6.45, 7) is 1.68. The smallest absolute Gasteiger partial charge is 0.251 e. The molecule has 0 atom stereocenters. The summed E-state index contributed by atoms with van der Waals surface area (Å²) < 4.78 is 13.3. The number of carbonyl (C=O) groups excluding carboxylic acids is 1. The van der Waals surface area contributed by atoms with Crippen LogP contribution in [0.25, 0.3) is 0 Å². The van der Waals surface area contributed by atoms with E-state index in [1.807, 2.05) is 0 Å². The SMILES string of the molecule is O=C(NCc1ccc(O)c(F)c1)c1ccnc2c1CNCC2. The lowest BCUT2D eigenvalue weighted by Crippen LogP contribution is -2.30. The molecule has 114 valence electrons. The minimum atomic E-state index is -0.697. The zero-order valence-corrected chi connectivity index (χ0v) is 11.9. The number of aromatic hydroxyl groups is 1. The van der Waals surface area contributed by atoms with Crippen molar-refractivity contribution in [2.45, 2.75) is 19.5 Å². The summed E-state index contributed by atoms with van der Waals surface area (Å²) >= 11 is 0. The van der Waals surface area contributed by atoms with E-state index in [-0.39, 0.29) is 12.5 Å². The van der Waals surface area contributed by atoms with Crippen molar-refractivity contribution < 1.29 is 14.3 Å². The van der Waals surface area contributed by atoms with Gasteiger partial charge in [-0.05, 0) is 23.8 Å². The Morgan fingerprint density at radius 1 is 1.41 bits per heavy atom. The maximum absolute atomic E-state index is 13.3. The van der Waals surface area contributed by atoms with E-state index in [2.05, 4.69) is 15.6 Å². The highest BCUT2D eigenvalue weighted by Gasteiger charge is 2.18. The first kappa shape index (κ1) is 14.5. The Morgan fingerprint density at radius 3 is 3.09 bits per heavy atom. The summed E-state index contributed by atoms with van der Waals surface area (Å²) in [5.41, 5.74) is 3.05. The Bertz CT molecular complexity index is 719. The molecule has 1 amide bonds. The quantitative estimate of drug-likeness (QED) is 0.803. The molecule has 6 heteroatoms. The molecule has 3 rings (SSSR count). The number of nitrogens with zero attached hydrogens (tertiary/aromatic N) is 1. The van der Waals surface area contributed by atoms with Crippen molar-refractivity contribution in [2.24, 2.45) is 0 Å². The van der Waals surface area contributed by atoms with E-state index in [4.69, 9.17) is 5.11 Å². The molecule has 22 heavy (non-hydrogen) atoms. The molecule has 0 saturated heterocycles. The molecule has 0 unspecified atom stereocenters. The molecular weight excluding hydrogens is 285 g/mol. The first-order valence-corrected chi connectivity index (χ1v) is 7.08. The number of phenolic OH excluding ortho intramolecular Hbond substituents is 1. The maximum atomic E-state index is 13.3. The molecule has 1 aromatic carbocycles. The Kier molecular flexibility index (Phi) is 4.02. The summed E-state index contributed by atoms with van der Waals surface area (Å²) in [7, 11) is 0. The number of amides is 1. The first-order chi connectivity index (χ1) is 10.6. The van der Waals surface area contributed by atoms with E-state index >= 15 is 0 Å². The van der Waals surface area contributed by atoms with Crippen LogP contribution in [0.15, 0.2) is 30.5 Å². The number of rotatable bonds is 3. The van der Waals surface area contributed by atoms with E-state index in [0.29, 0.717) is 17.7 Å². The van der Waals surface area contributed by atoms with Gasteiger partial charge in [-0.15, -0.1) is 0 Å². The summed E-state index contributed by atoms with van der Waals surface area (Å²) in [5, 5.41) is 15.2. The molecule has 1 aromatic heterocycles. The molecule has 0 bridgehead atoms. The van der Waals surface area contributed by atoms with Crippen LogP contribution in [0, 0.1) is 5.82 Å². The van der Waals surface area contributed by atoms with Gasteiger partial charge in [-0.2, -0.15) is 0 Å². The largest absolute Gasteiger partial charge is 0.505 e. The first-order valence-electron chi connectivity index (χ1n) is 7.08. The van der Waals surface area contributed by atoms with Crippen LogP contribution in [0.2, 0.25) is 0 Å². The number of fused-ring (bicyclic) bond motifs is 1. The number of aromatic nitrogens is 1. The lowest BCUT2D eigenvalue weighted by atomic mass is 10.0. The Labute approximate surface area is 127 Å². The van der Waals surface area contributed by atoms with Crippen molar-refractivity contribution in [2.75, 3.05) is 6.54 Å². The third kappa shape index (κ3) is 2.92. The number of hydrogen-bond donors (Lipinski definition) is 3. The number of hydrogen-bond acceptors (Lipinski definition) is 4. The fourth-order valence-electron chi connectivity index (χ4n) is 2.52. The van der Waals surface area contributed by atoms with Crippen molar-refractivity contribution in [1.29, 1.82) is 0 Å². The van der Waals surface area contributed by atoms with Gasteiger partial charge in [-0.3, -0.25) is 9.78 Å². The minimum Gasteiger partial charge on any atom is -0.505 e. The van der Waals surface area contributed by atoms with Gasteiger partial charge in [0, 0.05) is 49.1 Å². The molecule has 1 aliphatic rings. The van der Waals surface area contributed by atoms with Gasteiger partial charge >= 0.3 is 0 Å². The van der Waals surface area contributed by atoms with Gasteiger partial charge in [0.25, 0.3) is 5.91 Å². The fraction of sp³-hybridized carbons (Fsp3) is 0.250. The van der Waals surface area contributed by atoms with Crippen molar-refractivity contribution in [3.63, 3.8) is 0 Å². The van der Waals surface area contributed by atoms with Crippen LogP contribution in [0.3, 0.4) is 0 Å². The number of carbonyl (C=O) groups is 1. The molecule has 0 saturated carbocycles. The van der Waals surface area contributed by atoms with E-state index in [1.54, 1.807) is 18.3 Å². The number of pyridine rings is 1. The van der Waals surface area contributed by atoms with Crippen molar-refractivity contribution in [3.8, 4) is 5.75 Å². The highest BCUT2D eigenvalue weighted by molar-refractivity contribution is 5.95. The standard InChI is InChI=1S/C16H16FN3O2/c17-13-7-10(1-2-15(13)21)8-20-16(22)11-3-6-19-14-4-5-18-9-12(11)14/h1-3,6-7,18,21H,4-5,8-9H2,(H,20,22). The second-order valence-electron chi connectivity index (χ2n) is 5.18. The molecule has 2 heterocycles. The zero-order valence-electron chi connectivity index (χ0n) is 11.9. The lowest BCUT2D eigenvalue weighted by molar-refractivity contribution is 0.0949. The molecule has 0 radical (unpaired) electrons. The summed E-state index contributed by atoms with van der Waals surface area (Å²) in [6.07, 6.45) is 2.44. The molecular formula is C16H16FN3O2. The van der Waals surface area contributed by atoms with Crippen LogP contribution < -0.4 is 10.6 Å².